The fourth-order valence-electron chi connectivity index (χ4n) is 3.19. The Balaban J connectivity index is 1.53. The quantitative estimate of drug-likeness (QED) is 0.817. The highest BCUT2D eigenvalue weighted by Gasteiger charge is 2.24. The van der Waals surface area contributed by atoms with E-state index in [0.717, 1.165) is 37.6 Å². The largest absolute Gasteiger partial charge is 0.495 e. The summed E-state index contributed by atoms with van der Waals surface area (Å²) in [6, 6.07) is 13.1. The van der Waals surface area contributed by atoms with E-state index in [1.54, 1.807) is 25.3 Å². The first kappa shape index (κ1) is 18.8. The number of hydrogen-bond donors (Lipinski definition) is 2. The van der Waals surface area contributed by atoms with E-state index in [-0.39, 0.29) is 5.91 Å². The monoisotopic (exact) mass is 394 g/mol. The van der Waals surface area contributed by atoms with Crippen molar-refractivity contribution >= 4 is 40.5 Å². The molecular formula is C19H22Cl2N3O2+. The number of anilines is 2. The number of amides is 1. The molecule has 1 fully saturated rings. The van der Waals surface area contributed by atoms with Gasteiger partial charge >= 0.3 is 0 Å². The molecule has 1 amide bonds. The number of para-hydroxylation sites is 2. The van der Waals surface area contributed by atoms with Crippen molar-refractivity contribution in [2.45, 2.75) is 0 Å². The van der Waals surface area contributed by atoms with E-state index in [1.807, 2.05) is 18.2 Å². The van der Waals surface area contributed by atoms with Crippen molar-refractivity contribution in [3.05, 3.63) is 52.5 Å². The van der Waals surface area contributed by atoms with Gasteiger partial charge in [-0.1, -0.05) is 35.3 Å². The van der Waals surface area contributed by atoms with Gasteiger partial charge in [-0.05, 0) is 30.3 Å². The van der Waals surface area contributed by atoms with E-state index >= 15 is 0 Å². The third-order valence-electron chi connectivity index (χ3n) is 4.45. The van der Waals surface area contributed by atoms with Crippen LogP contribution in [0.15, 0.2) is 42.5 Å². The molecule has 2 aromatic rings. The van der Waals surface area contributed by atoms with E-state index in [2.05, 4.69) is 16.3 Å². The first-order chi connectivity index (χ1) is 12.5. The summed E-state index contributed by atoms with van der Waals surface area (Å²) in [7, 11) is 1.69. The van der Waals surface area contributed by atoms with Crippen LogP contribution in [0.2, 0.25) is 10.0 Å². The number of nitrogens with one attached hydrogen (secondary N) is 2. The van der Waals surface area contributed by atoms with Gasteiger partial charge < -0.3 is 19.9 Å². The van der Waals surface area contributed by atoms with Gasteiger partial charge in [0.2, 0.25) is 0 Å². The van der Waals surface area contributed by atoms with Gasteiger partial charge in [-0.3, -0.25) is 4.79 Å². The number of nitrogens with zero attached hydrogens (tertiary/aromatic N) is 1. The SMILES string of the molecule is COc1ccccc1N1CC[NH+](CC(=O)Nc2cc(Cl)cc(Cl)c2)CC1. The molecule has 0 aromatic heterocycles. The molecule has 0 unspecified atom stereocenters. The van der Waals surface area contributed by atoms with Crippen molar-refractivity contribution in [3.8, 4) is 5.75 Å². The highest BCUT2D eigenvalue weighted by Crippen LogP contribution is 2.27. The third kappa shape index (κ3) is 4.81. The van der Waals surface area contributed by atoms with E-state index in [4.69, 9.17) is 27.9 Å². The lowest BCUT2D eigenvalue weighted by Gasteiger charge is -2.34. The Labute approximate surface area is 163 Å². The Morgan fingerprint density at radius 3 is 2.46 bits per heavy atom. The number of rotatable bonds is 5. The van der Waals surface area contributed by atoms with Crippen molar-refractivity contribution < 1.29 is 14.4 Å². The summed E-state index contributed by atoms with van der Waals surface area (Å²) in [5.74, 6) is 0.843. The number of halogens is 2. The van der Waals surface area contributed by atoms with E-state index in [9.17, 15) is 4.79 Å². The summed E-state index contributed by atoms with van der Waals surface area (Å²) in [4.78, 5) is 15.9. The predicted octanol–water partition coefficient (Wildman–Crippen LogP) is 2.35. The number of benzene rings is 2. The van der Waals surface area contributed by atoms with Gasteiger partial charge in [0, 0.05) is 15.7 Å². The summed E-state index contributed by atoms with van der Waals surface area (Å²) in [6.07, 6.45) is 0. The molecule has 0 radical (unpaired) electrons. The van der Waals surface area contributed by atoms with Crippen LogP contribution in [0.25, 0.3) is 0 Å². The van der Waals surface area contributed by atoms with Crippen molar-refractivity contribution in [1.29, 1.82) is 0 Å². The smallest absolute Gasteiger partial charge is 0.279 e. The van der Waals surface area contributed by atoms with Crippen molar-refractivity contribution in [2.24, 2.45) is 0 Å². The van der Waals surface area contributed by atoms with Gasteiger partial charge in [0.25, 0.3) is 5.91 Å². The first-order valence-corrected chi connectivity index (χ1v) is 9.28. The summed E-state index contributed by atoms with van der Waals surface area (Å²) >= 11 is 11.9. The van der Waals surface area contributed by atoms with E-state index < -0.39 is 0 Å². The minimum Gasteiger partial charge on any atom is -0.495 e. The van der Waals surface area contributed by atoms with Crippen LogP contribution in [0.4, 0.5) is 11.4 Å². The molecule has 0 aliphatic carbocycles. The fourth-order valence-corrected chi connectivity index (χ4v) is 3.72. The molecule has 0 bridgehead atoms. The predicted molar refractivity (Wildman–Crippen MR) is 106 cm³/mol. The van der Waals surface area contributed by atoms with Gasteiger partial charge in [0.05, 0.1) is 39.0 Å². The van der Waals surface area contributed by atoms with Crippen LogP contribution < -0.4 is 19.9 Å². The number of hydrogen-bond acceptors (Lipinski definition) is 3. The molecule has 5 nitrogen and oxygen atoms in total. The molecular weight excluding hydrogens is 373 g/mol. The molecule has 1 heterocycles. The van der Waals surface area contributed by atoms with Crippen LogP contribution in [0.1, 0.15) is 0 Å². The lowest BCUT2D eigenvalue weighted by molar-refractivity contribution is -0.892. The van der Waals surface area contributed by atoms with Gasteiger partial charge in [0.1, 0.15) is 5.75 Å². The molecule has 0 spiro atoms. The lowest BCUT2D eigenvalue weighted by Crippen LogP contribution is -3.15. The summed E-state index contributed by atoms with van der Waals surface area (Å²) in [5.41, 5.74) is 1.73. The maximum Gasteiger partial charge on any atom is 0.279 e. The van der Waals surface area contributed by atoms with Crippen LogP contribution in [0.3, 0.4) is 0 Å². The second-order valence-electron chi connectivity index (χ2n) is 6.29. The molecule has 0 atom stereocenters. The van der Waals surface area contributed by atoms with E-state index in [0.29, 0.717) is 22.3 Å². The maximum atomic E-state index is 12.3. The summed E-state index contributed by atoms with van der Waals surface area (Å²) in [5, 5.41) is 3.88. The normalized spacial score (nSPS) is 15.0. The molecule has 2 aromatic carbocycles. The Morgan fingerprint density at radius 1 is 1.15 bits per heavy atom. The number of carbonyl (C=O) groups excluding carboxylic acids is 1. The topological polar surface area (TPSA) is 46.0 Å². The minimum atomic E-state index is -0.0379. The molecule has 2 N–H and O–H groups in total. The zero-order valence-electron chi connectivity index (χ0n) is 14.6. The number of piperazine rings is 1. The zero-order valence-corrected chi connectivity index (χ0v) is 16.1. The van der Waals surface area contributed by atoms with Crippen molar-refractivity contribution in [3.63, 3.8) is 0 Å². The zero-order chi connectivity index (χ0) is 18.5. The second kappa shape index (κ2) is 8.62. The Bertz CT molecular complexity index is 757. The Hall–Kier alpha value is -1.95. The highest BCUT2D eigenvalue weighted by atomic mass is 35.5. The van der Waals surface area contributed by atoms with Gasteiger partial charge in [-0.15, -0.1) is 0 Å². The molecule has 1 aliphatic rings. The number of ether oxygens (including phenoxy) is 1. The van der Waals surface area contributed by atoms with Crippen LogP contribution in [0, 0.1) is 0 Å². The number of carbonyl (C=O) groups is 1. The molecule has 1 aliphatic heterocycles. The van der Waals surface area contributed by atoms with Gasteiger partial charge in [0.15, 0.2) is 6.54 Å². The van der Waals surface area contributed by atoms with Gasteiger partial charge in [-0.2, -0.15) is 0 Å². The Kier molecular flexibility index (Phi) is 6.25. The molecule has 1 saturated heterocycles. The number of methoxy groups -OCH3 is 1. The molecule has 7 heteroatoms. The minimum absolute atomic E-state index is 0.0379. The van der Waals surface area contributed by atoms with Crippen LogP contribution >= 0.6 is 23.2 Å². The van der Waals surface area contributed by atoms with Crippen molar-refractivity contribution in [1.82, 2.24) is 0 Å². The lowest BCUT2D eigenvalue weighted by atomic mass is 10.2. The summed E-state index contributed by atoms with van der Waals surface area (Å²) in [6.45, 7) is 3.96. The average molecular weight is 395 g/mol. The second-order valence-corrected chi connectivity index (χ2v) is 7.16. The maximum absolute atomic E-state index is 12.3. The molecule has 138 valence electrons. The van der Waals surface area contributed by atoms with E-state index in [1.165, 1.54) is 4.90 Å². The van der Waals surface area contributed by atoms with Crippen molar-refractivity contribution in [2.75, 3.05) is 50.1 Å². The number of quaternary nitrogens is 1. The van der Waals surface area contributed by atoms with Crippen LogP contribution in [-0.4, -0.2) is 45.7 Å². The standard InChI is InChI=1S/C19H21Cl2N3O2/c1-26-18-5-3-2-4-17(18)24-8-6-23(7-9-24)13-19(25)22-16-11-14(20)10-15(21)12-16/h2-5,10-12H,6-9,13H2,1H3,(H,22,25)/p+1. The molecule has 0 saturated carbocycles. The summed E-state index contributed by atoms with van der Waals surface area (Å²) < 4.78 is 5.44. The van der Waals surface area contributed by atoms with Crippen LogP contribution in [0.5, 0.6) is 5.75 Å². The van der Waals surface area contributed by atoms with Gasteiger partial charge in [-0.25, -0.2) is 0 Å². The van der Waals surface area contributed by atoms with Crippen LogP contribution in [-0.2, 0) is 4.79 Å². The average Bonchev–Trinajstić information content (AvgIpc) is 2.61. The molecule has 26 heavy (non-hydrogen) atoms. The Morgan fingerprint density at radius 2 is 1.81 bits per heavy atom. The molecule has 3 rings (SSSR count). The third-order valence-corrected chi connectivity index (χ3v) is 4.89. The first-order valence-electron chi connectivity index (χ1n) is 8.52. The highest BCUT2D eigenvalue weighted by molar-refractivity contribution is 6.35. The fraction of sp³-hybridized carbons (Fsp3) is 0.316.